The maximum absolute atomic E-state index is 12.6. The number of fused-ring (bicyclic) bond motifs is 1. The molecule has 0 aromatic carbocycles. The number of hydrogen-bond acceptors (Lipinski definition) is 7. The Bertz CT molecular complexity index is 1340. The fraction of sp³-hybridized carbons (Fsp3) is 0.500. The highest BCUT2D eigenvalue weighted by Crippen LogP contribution is 2.31. The number of amides is 1. The van der Waals surface area contributed by atoms with E-state index >= 15 is 0 Å². The molecule has 11 heteroatoms. The molecule has 0 saturated carbocycles. The van der Waals surface area contributed by atoms with E-state index in [2.05, 4.69) is 37.6 Å². The summed E-state index contributed by atoms with van der Waals surface area (Å²) >= 11 is 0. The van der Waals surface area contributed by atoms with Gasteiger partial charge in [-0.1, -0.05) is 5.21 Å². The Balaban J connectivity index is 1.27. The average Bonchev–Trinajstić information content (AvgIpc) is 3.56. The lowest BCUT2D eigenvalue weighted by atomic mass is 9.91. The summed E-state index contributed by atoms with van der Waals surface area (Å²) in [6.45, 7) is 9.76. The minimum atomic E-state index is -0.211. The summed E-state index contributed by atoms with van der Waals surface area (Å²) < 4.78 is 5.37. The van der Waals surface area contributed by atoms with Gasteiger partial charge in [-0.25, -0.2) is 14.2 Å². The molecule has 11 nitrogen and oxygen atoms in total. The summed E-state index contributed by atoms with van der Waals surface area (Å²) in [5, 5.41) is 19.9. The monoisotopic (exact) mass is 476 g/mol. The molecule has 0 radical (unpaired) electrons. The van der Waals surface area contributed by atoms with Gasteiger partial charge < -0.3 is 10.2 Å². The Morgan fingerprint density at radius 1 is 1.20 bits per heavy atom. The predicted molar refractivity (Wildman–Crippen MR) is 132 cm³/mol. The second-order valence-corrected chi connectivity index (χ2v) is 10.4. The Hall–Kier alpha value is -3.76. The van der Waals surface area contributed by atoms with Crippen LogP contribution in [0.3, 0.4) is 0 Å². The van der Waals surface area contributed by atoms with E-state index in [-0.39, 0.29) is 17.5 Å². The zero-order chi connectivity index (χ0) is 24.7. The number of nitrogens with zero attached hydrogens (tertiary/aromatic N) is 9. The van der Waals surface area contributed by atoms with Gasteiger partial charge in [0.15, 0.2) is 11.5 Å². The molecule has 5 heterocycles. The van der Waals surface area contributed by atoms with E-state index in [9.17, 15) is 4.79 Å². The molecule has 0 aliphatic carbocycles. The fourth-order valence-corrected chi connectivity index (χ4v) is 4.61. The summed E-state index contributed by atoms with van der Waals surface area (Å²) in [5.41, 5.74) is 2.92. The first-order valence-corrected chi connectivity index (χ1v) is 12.0. The molecule has 0 bridgehead atoms. The van der Waals surface area contributed by atoms with Crippen molar-refractivity contribution in [1.82, 2.24) is 44.7 Å². The molecule has 4 aromatic heterocycles. The number of anilines is 1. The third-order valence-corrected chi connectivity index (χ3v) is 6.59. The van der Waals surface area contributed by atoms with E-state index < -0.39 is 0 Å². The molecule has 2 atom stereocenters. The van der Waals surface area contributed by atoms with E-state index in [0.717, 1.165) is 42.0 Å². The van der Waals surface area contributed by atoms with Crippen molar-refractivity contribution in [3.63, 3.8) is 0 Å². The van der Waals surface area contributed by atoms with Crippen molar-refractivity contribution in [2.24, 2.45) is 13.0 Å². The Morgan fingerprint density at radius 3 is 2.71 bits per heavy atom. The van der Waals surface area contributed by atoms with E-state index in [1.165, 1.54) is 0 Å². The molecular weight excluding hydrogens is 444 g/mol. The Morgan fingerprint density at radius 2 is 2.03 bits per heavy atom. The molecule has 0 unspecified atom stereocenters. The third kappa shape index (κ3) is 4.62. The van der Waals surface area contributed by atoms with Crippen molar-refractivity contribution >= 4 is 17.2 Å². The summed E-state index contributed by atoms with van der Waals surface area (Å²) in [5.74, 6) is 1.13. The molecule has 1 aliphatic rings. The van der Waals surface area contributed by atoms with Crippen LogP contribution in [0.5, 0.6) is 0 Å². The Kier molecular flexibility index (Phi) is 5.78. The zero-order valence-electron chi connectivity index (χ0n) is 20.9. The van der Waals surface area contributed by atoms with E-state index in [1.807, 2.05) is 57.0 Å². The number of piperidine rings is 1. The molecule has 0 spiro atoms. The lowest BCUT2D eigenvalue weighted by molar-refractivity contribution is 0.0938. The van der Waals surface area contributed by atoms with Crippen LogP contribution in [-0.4, -0.2) is 64.4 Å². The molecule has 1 amide bonds. The molecule has 35 heavy (non-hydrogen) atoms. The lowest BCUT2D eigenvalue weighted by Crippen LogP contribution is -2.44. The number of hydrogen-bond donors (Lipinski definition) is 1. The van der Waals surface area contributed by atoms with Gasteiger partial charge in [-0.3, -0.25) is 9.48 Å². The molecule has 1 N–H and O–H groups in total. The molecule has 1 saturated heterocycles. The van der Waals surface area contributed by atoms with Crippen molar-refractivity contribution in [3.8, 4) is 11.3 Å². The van der Waals surface area contributed by atoms with Gasteiger partial charge in [0.1, 0.15) is 5.52 Å². The van der Waals surface area contributed by atoms with Crippen LogP contribution < -0.4 is 10.2 Å². The summed E-state index contributed by atoms with van der Waals surface area (Å²) in [6, 6.07) is 2.27. The van der Waals surface area contributed by atoms with E-state index in [4.69, 9.17) is 4.98 Å². The smallest absolute Gasteiger partial charge is 0.273 e. The highest BCUT2D eigenvalue weighted by Gasteiger charge is 2.29. The highest BCUT2D eigenvalue weighted by atomic mass is 16.2. The number of nitrogens with one attached hydrogen (secondary N) is 1. The number of aryl methyl sites for hydroxylation is 1. The second-order valence-electron chi connectivity index (χ2n) is 10.4. The lowest BCUT2D eigenvalue weighted by Gasteiger charge is -2.39. The number of aromatic nitrogens is 8. The van der Waals surface area contributed by atoms with Crippen molar-refractivity contribution in [2.75, 3.05) is 18.0 Å². The van der Waals surface area contributed by atoms with Crippen LogP contribution in [0.2, 0.25) is 0 Å². The first-order chi connectivity index (χ1) is 16.7. The summed E-state index contributed by atoms with van der Waals surface area (Å²) in [7, 11) is 1.90. The second kappa shape index (κ2) is 8.79. The van der Waals surface area contributed by atoms with Gasteiger partial charge >= 0.3 is 0 Å². The molecular formula is C24H32N10O. The van der Waals surface area contributed by atoms with Crippen LogP contribution in [0.4, 0.5) is 5.82 Å². The van der Waals surface area contributed by atoms with Crippen molar-refractivity contribution < 1.29 is 4.79 Å². The predicted octanol–water partition coefficient (Wildman–Crippen LogP) is 2.51. The largest absolute Gasteiger partial charge is 0.352 e. The number of carbonyl (C=O) groups is 1. The van der Waals surface area contributed by atoms with E-state index in [0.29, 0.717) is 18.2 Å². The van der Waals surface area contributed by atoms with Crippen LogP contribution in [0.1, 0.15) is 51.0 Å². The first-order valence-electron chi connectivity index (χ1n) is 12.0. The Labute approximate surface area is 204 Å². The van der Waals surface area contributed by atoms with Gasteiger partial charge in [-0.05, 0) is 52.5 Å². The summed E-state index contributed by atoms with van der Waals surface area (Å²) in [4.78, 5) is 20.0. The SMILES string of the molecule is C[C@H]1C[C@@H](CNC(=O)c2cn(C(C)(C)C)nn2)CCN1c1nc(-c2cnn(C)c2)cn2nccc12. The number of rotatable bonds is 5. The van der Waals surface area contributed by atoms with Gasteiger partial charge in [-0.2, -0.15) is 10.2 Å². The molecule has 4 aromatic rings. The van der Waals surface area contributed by atoms with Gasteiger partial charge in [0.2, 0.25) is 0 Å². The van der Waals surface area contributed by atoms with Gasteiger partial charge in [-0.15, -0.1) is 5.10 Å². The number of carbonyl (C=O) groups excluding carboxylic acids is 1. The minimum Gasteiger partial charge on any atom is -0.352 e. The van der Waals surface area contributed by atoms with Gasteiger partial charge in [0.05, 0.1) is 36.0 Å². The van der Waals surface area contributed by atoms with Crippen molar-refractivity contribution in [2.45, 2.75) is 52.1 Å². The zero-order valence-corrected chi connectivity index (χ0v) is 20.9. The molecule has 184 valence electrons. The van der Waals surface area contributed by atoms with Crippen LogP contribution >= 0.6 is 0 Å². The third-order valence-electron chi connectivity index (χ3n) is 6.59. The normalized spacial score (nSPS) is 18.8. The maximum atomic E-state index is 12.6. The van der Waals surface area contributed by atoms with Crippen LogP contribution in [-0.2, 0) is 12.6 Å². The maximum Gasteiger partial charge on any atom is 0.273 e. The first kappa shape index (κ1) is 23.0. The highest BCUT2D eigenvalue weighted by molar-refractivity contribution is 5.91. The van der Waals surface area contributed by atoms with E-state index in [1.54, 1.807) is 21.8 Å². The van der Waals surface area contributed by atoms with Crippen molar-refractivity contribution in [1.29, 1.82) is 0 Å². The standard InChI is InChI=1S/C24H32N10O/c1-16-10-17(11-25-23(35)20-15-34(30-29-20)24(2,3)4)7-9-32(16)22-21-6-8-26-33(21)14-19(28-22)18-12-27-31(5)13-18/h6,8,12-17H,7,9-11H2,1-5H3,(H,25,35)/t16-,17-/m0/s1. The quantitative estimate of drug-likeness (QED) is 0.471. The van der Waals surface area contributed by atoms with Gasteiger partial charge in [0.25, 0.3) is 5.91 Å². The minimum absolute atomic E-state index is 0.178. The topological polar surface area (TPSA) is 111 Å². The van der Waals surface area contributed by atoms with Gasteiger partial charge in [0, 0.05) is 37.9 Å². The summed E-state index contributed by atoms with van der Waals surface area (Å²) in [6.07, 6.45) is 11.1. The van der Waals surface area contributed by atoms with Crippen LogP contribution in [0, 0.1) is 5.92 Å². The van der Waals surface area contributed by atoms with Crippen LogP contribution in [0.25, 0.3) is 16.8 Å². The molecule has 1 aliphatic heterocycles. The average molecular weight is 477 g/mol. The van der Waals surface area contributed by atoms with Crippen LogP contribution in [0.15, 0.2) is 37.1 Å². The molecule has 1 fully saturated rings. The molecule has 5 rings (SSSR count). The fourth-order valence-electron chi connectivity index (χ4n) is 4.61. The van der Waals surface area contributed by atoms with Crippen molar-refractivity contribution in [3.05, 3.63) is 42.7 Å².